The molecule has 86 valence electrons. The molecule has 1 heterocycles. The number of pyridine rings is 1. The molecule has 0 fully saturated rings. The van der Waals surface area contributed by atoms with Crippen LogP contribution in [0.2, 0.25) is 0 Å². The number of hydrogen-bond acceptors (Lipinski definition) is 3. The van der Waals surface area contributed by atoms with Crippen LogP contribution in [0.3, 0.4) is 0 Å². The Kier molecular flexibility index (Phi) is 2.84. The van der Waals surface area contributed by atoms with Gasteiger partial charge in [-0.1, -0.05) is 6.07 Å². The second-order valence-corrected chi connectivity index (χ2v) is 3.57. The van der Waals surface area contributed by atoms with E-state index in [2.05, 4.69) is 0 Å². The minimum atomic E-state index is -2.23. The Morgan fingerprint density at radius 1 is 1.31 bits per heavy atom. The average molecular weight is 225 g/mol. The number of carboxylic acids is 2. The third-order valence-electron chi connectivity index (χ3n) is 2.52. The number of aromatic nitrogens is 1. The maximum atomic E-state index is 11.7. The predicted octanol–water partition coefficient (Wildman–Crippen LogP) is -0.188. The molecule has 0 aliphatic rings. The van der Waals surface area contributed by atoms with Gasteiger partial charge in [0.05, 0.1) is 0 Å². The van der Waals surface area contributed by atoms with Crippen LogP contribution >= 0.6 is 0 Å². The first kappa shape index (κ1) is 12.0. The number of nitrogens with zero attached hydrogens (tertiary/aromatic N) is 1. The van der Waals surface area contributed by atoms with E-state index in [9.17, 15) is 14.4 Å². The Bertz CT molecular complexity index is 488. The lowest BCUT2D eigenvalue weighted by Crippen LogP contribution is -2.45. The van der Waals surface area contributed by atoms with E-state index in [0.717, 1.165) is 11.5 Å². The van der Waals surface area contributed by atoms with E-state index < -0.39 is 22.9 Å². The molecular formula is C10H11NO5. The molecule has 0 aromatic carbocycles. The van der Waals surface area contributed by atoms with Gasteiger partial charge in [0.25, 0.3) is 5.56 Å². The fraction of sp³-hybridized carbons (Fsp3) is 0.300. The van der Waals surface area contributed by atoms with Crippen molar-refractivity contribution >= 4 is 11.9 Å². The summed E-state index contributed by atoms with van der Waals surface area (Å²) in [6, 6.07) is 2.64. The fourth-order valence-corrected chi connectivity index (χ4v) is 1.30. The zero-order valence-corrected chi connectivity index (χ0v) is 8.80. The highest BCUT2D eigenvalue weighted by atomic mass is 16.4. The van der Waals surface area contributed by atoms with Crippen LogP contribution in [-0.4, -0.2) is 26.7 Å². The summed E-state index contributed by atoms with van der Waals surface area (Å²) in [5.74, 6) is -3.13. The standard InChI is InChI=1S/C10H11NO5/c1-10(8(13)14,9(15)16)6-4-3-5-11(2)7(6)12/h3-5H,1-2H3,(H,13,14)(H,15,16). The Hall–Kier alpha value is -2.11. The molecule has 0 radical (unpaired) electrons. The molecule has 2 N–H and O–H groups in total. The minimum Gasteiger partial charge on any atom is -0.480 e. The quantitative estimate of drug-likeness (QED) is 0.695. The summed E-state index contributed by atoms with van der Waals surface area (Å²) < 4.78 is 1.14. The van der Waals surface area contributed by atoms with Gasteiger partial charge in [-0.3, -0.25) is 14.4 Å². The van der Waals surface area contributed by atoms with Crippen LogP contribution in [0, 0.1) is 0 Å². The largest absolute Gasteiger partial charge is 0.480 e. The first-order valence-electron chi connectivity index (χ1n) is 4.44. The molecular weight excluding hydrogens is 214 g/mol. The summed E-state index contributed by atoms with van der Waals surface area (Å²) in [5.41, 5.74) is -3.12. The SMILES string of the molecule is Cn1cccc(C(C)(C(=O)O)C(=O)O)c1=O. The van der Waals surface area contributed by atoms with E-state index in [1.54, 1.807) is 0 Å². The Morgan fingerprint density at radius 2 is 1.81 bits per heavy atom. The van der Waals surface area contributed by atoms with Crippen molar-refractivity contribution in [3.05, 3.63) is 34.2 Å². The molecule has 0 aliphatic carbocycles. The molecule has 0 amide bonds. The number of carboxylic acid groups (broad SMARTS) is 2. The highest BCUT2D eigenvalue weighted by Crippen LogP contribution is 2.21. The van der Waals surface area contributed by atoms with Crippen molar-refractivity contribution in [3.63, 3.8) is 0 Å². The maximum absolute atomic E-state index is 11.7. The lowest BCUT2D eigenvalue weighted by atomic mass is 9.83. The van der Waals surface area contributed by atoms with Crippen molar-refractivity contribution < 1.29 is 19.8 Å². The number of aliphatic carboxylic acids is 2. The van der Waals surface area contributed by atoms with Crippen LogP contribution in [0.5, 0.6) is 0 Å². The molecule has 0 aliphatic heterocycles. The van der Waals surface area contributed by atoms with Gasteiger partial charge < -0.3 is 14.8 Å². The number of carbonyl (C=O) groups is 2. The molecule has 0 unspecified atom stereocenters. The molecule has 16 heavy (non-hydrogen) atoms. The van der Waals surface area contributed by atoms with Crippen LogP contribution in [0.25, 0.3) is 0 Å². The van der Waals surface area contributed by atoms with Crippen molar-refractivity contribution in [2.24, 2.45) is 7.05 Å². The highest BCUT2D eigenvalue weighted by molar-refractivity contribution is 6.04. The summed E-state index contributed by atoms with van der Waals surface area (Å²) in [6.07, 6.45) is 1.43. The van der Waals surface area contributed by atoms with Gasteiger partial charge in [0.1, 0.15) is 0 Å². The van der Waals surface area contributed by atoms with E-state index in [1.165, 1.54) is 25.4 Å². The van der Waals surface area contributed by atoms with E-state index in [0.29, 0.717) is 0 Å². The van der Waals surface area contributed by atoms with Crippen LogP contribution in [0.1, 0.15) is 12.5 Å². The number of rotatable bonds is 3. The first-order valence-corrected chi connectivity index (χ1v) is 4.44. The summed E-state index contributed by atoms with van der Waals surface area (Å²) in [4.78, 5) is 33.7. The van der Waals surface area contributed by atoms with E-state index in [1.807, 2.05) is 0 Å². The van der Waals surface area contributed by atoms with Crippen LogP contribution in [-0.2, 0) is 22.1 Å². The average Bonchev–Trinajstić information content (AvgIpc) is 2.20. The summed E-state index contributed by atoms with van der Waals surface area (Å²) in [5, 5.41) is 17.9. The smallest absolute Gasteiger partial charge is 0.325 e. The van der Waals surface area contributed by atoms with Crippen molar-refractivity contribution in [2.75, 3.05) is 0 Å². The molecule has 0 atom stereocenters. The van der Waals surface area contributed by atoms with Gasteiger partial charge >= 0.3 is 11.9 Å². The lowest BCUT2D eigenvalue weighted by Gasteiger charge is -2.19. The first-order chi connectivity index (χ1) is 7.31. The highest BCUT2D eigenvalue weighted by Gasteiger charge is 2.45. The molecule has 1 aromatic heterocycles. The monoisotopic (exact) mass is 225 g/mol. The van der Waals surface area contributed by atoms with Crippen molar-refractivity contribution in [1.82, 2.24) is 4.57 Å². The van der Waals surface area contributed by atoms with Gasteiger partial charge in [0.2, 0.25) is 0 Å². The lowest BCUT2D eigenvalue weighted by molar-refractivity contribution is -0.156. The van der Waals surface area contributed by atoms with Crippen molar-refractivity contribution in [1.29, 1.82) is 0 Å². The third kappa shape index (κ3) is 1.58. The van der Waals surface area contributed by atoms with Gasteiger partial charge in [0.15, 0.2) is 5.41 Å². The second-order valence-electron chi connectivity index (χ2n) is 3.57. The minimum absolute atomic E-state index is 0.266. The van der Waals surface area contributed by atoms with E-state index in [-0.39, 0.29) is 5.56 Å². The van der Waals surface area contributed by atoms with E-state index in [4.69, 9.17) is 10.2 Å². The van der Waals surface area contributed by atoms with Gasteiger partial charge in [-0.25, -0.2) is 0 Å². The van der Waals surface area contributed by atoms with Crippen molar-refractivity contribution in [3.8, 4) is 0 Å². The molecule has 0 saturated heterocycles. The summed E-state index contributed by atoms with van der Waals surface area (Å²) in [6.45, 7) is 0.994. The molecule has 1 rings (SSSR count). The Labute approximate surface area is 90.8 Å². The zero-order valence-electron chi connectivity index (χ0n) is 8.80. The second kappa shape index (κ2) is 3.80. The van der Waals surface area contributed by atoms with Crippen LogP contribution in [0.15, 0.2) is 23.1 Å². The van der Waals surface area contributed by atoms with Crippen LogP contribution < -0.4 is 5.56 Å². The summed E-state index contributed by atoms with van der Waals surface area (Å²) in [7, 11) is 1.43. The predicted molar refractivity (Wildman–Crippen MR) is 54.3 cm³/mol. The fourth-order valence-electron chi connectivity index (χ4n) is 1.30. The van der Waals surface area contributed by atoms with Crippen LogP contribution in [0.4, 0.5) is 0 Å². The zero-order chi connectivity index (χ0) is 12.5. The topological polar surface area (TPSA) is 96.6 Å². The molecule has 1 aromatic rings. The normalized spacial score (nSPS) is 11.1. The maximum Gasteiger partial charge on any atom is 0.325 e. The van der Waals surface area contributed by atoms with Gasteiger partial charge in [-0.15, -0.1) is 0 Å². The summed E-state index contributed by atoms with van der Waals surface area (Å²) >= 11 is 0. The molecule has 6 heteroatoms. The molecule has 0 spiro atoms. The Balaban J connectivity index is 3.57. The van der Waals surface area contributed by atoms with E-state index >= 15 is 0 Å². The Morgan fingerprint density at radius 3 is 2.25 bits per heavy atom. The van der Waals surface area contributed by atoms with Crippen molar-refractivity contribution in [2.45, 2.75) is 12.3 Å². The molecule has 0 bridgehead atoms. The van der Waals surface area contributed by atoms with Gasteiger partial charge in [-0.2, -0.15) is 0 Å². The number of hydrogen-bond donors (Lipinski definition) is 2. The third-order valence-corrected chi connectivity index (χ3v) is 2.52. The molecule has 0 saturated carbocycles. The van der Waals surface area contributed by atoms with Gasteiger partial charge in [0, 0.05) is 18.8 Å². The number of aryl methyl sites for hydroxylation is 1. The van der Waals surface area contributed by atoms with Gasteiger partial charge in [-0.05, 0) is 13.0 Å². The molecule has 6 nitrogen and oxygen atoms in total.